The first-order chi connectivity index (χ1) is 16.2. The van der Waals surface area contributed by atoms with Gasteiger partial charge in [-0.2, -0.15) is 0 Å². The molecule has 0 aliphatic carbocycles. The van der Waals surface area contributed by atoms with Crippen LogP contribution in [0.25, 0.3) is 0 Å². The number of carbonyl (C=O) groups is 2. The monoisotopic (exact) mass is 455 g/mol. The fourth-order valence-electron chi connectivity index (χ4n) is 3.07. The molecule has 8 nitrogen and oxygen atoms in total. The summed E-state index contributed by atoms with van der Waals surface area (Å²) in [6, 6.07) is 19.1. The normalized spacial score (nSPS) is 10.2. The smallest absolute Gasteiger partial charge is 0.410 e. The van der Waals surface area contributed by atoms with Gasteiger partial charge in [0, 0.05) is 19.8 Å². The number of oxime groups is 1. The van der Waals surface area contributed by atoms with Crippen LogP contribution in [0.3, 0.4) is 0 Å². The molecular formula is C25H33N3O5. The third kappa shape index (κ3) is 11.6. The van der Waals surface area contributed by atoms with E-state index in [0.717, 1.165) is 36.8 Å². The van der Waals surface area contributed by atoms with Gasteiger partial charge in [-0.3, -0.25) is 0 Å². The van der Waals surface area contributed by atoms with Crippen LogP contribution in [0, 0.1) is 0 Å². The molecule has 0 unspecified atom stereocenters. The molecular weight excluding hydrogens is 422 g/mol. The highest BCUT2D eigenvalue weighted by atomic mass is 16.6. The molecule has 2 aromatic rings. The molecule has 2 rings (SSSR count). The Hall–Kier alpha value is -3.55. The van der Waals surface area contributed by atoms with E-state index in [1.54, 1.807) is 4.90 Å². The summed E-state index contributed by atoms with van der Waals surface area (Å²) in [5, 5.41) is 6.12. The van der Waals surface area contributed by atoms with Crippen LogP contribution in [0.2, 0.25) is 0 Å². The zero-order valence-corrected chi connectivity index (χ0v) is 19.0. The largest absolute Gasteiger partial charge is 0.445 e. The van der Waals surface area contributed by atoms with Crippen LogP contribution in [0.4, 0.5) is 9.59 Å². The van der Waals surface area contributed by atoms with Crippen LogP contribution in [0.5, 0.6) is 0 Å². The zero-order valence-electron chi connectivity index (χ0n) is 19.0. The molecule has 0 radical (unpaired) electrons. The van der Waals surface area contributed by atoms with E-state index < -0.39 is 6.09 Å². The SMILES string of the molecule is C=NOCCN(CCCCCCNC(=O)OCc1ccccc1)C(=O)OCc1ccccc1. The van der Waals surface area contributed by atoms with Crippen molar-refractivity contribution in [2.45, 2.75) is 38.9 Å². The first-order valence-corrected chi connectivity index (χ1v) is 11.2. The van der Waals surface area contributed by atoms with Crippen LogP contribution in [0.15, 0.2) is 65.8 Å². The standard InChI is InChI=1S/C25H33N3O5/c1-26-33-19-18-28(25(30)32-21-23-14-8-5-9-15-23)17-11-3-2-10-16-27-24(29)31-20-22-12-6-4-7-13-22/h4-9,12-15H,1-3,10-11,16-21H2,(H,27,29). The highest BCUT2D eigenvalue weighted by Gasteiger charge is 2.15. The number of nitrogens with one attached hydrogen (secondary N) is 1. The molecule has 0 saturated carbocycles. The van der Waals surface area contributed by atoms with Gasteiger partial charge in [0.05, 0.1) is 6.54 Å². The summed E-state index contributed by atoms with van der Waals surface area (Å²) in [6.45, 7) is 5.51. The van der Waals surface area contributed by atoms with Crippen LogP contribution in [0.1, 0.15) is 36.8 Å². The topological polar surface area (TPSA) is 89.5 Å². The van der Waals surface area contributed by atoms with Gasteiger partial charge in [0.2, 0.25) is 0 Å². The molecule has 0 heterocycles. The summed E-state index contributed by atoms with van der Waals surface area (Å²) in [4.78, 5) is 30.7. The van der Waals surface area contributed by atoms with E-state index in [0.29, 0.717) is 19.6 Å². The van der Waals surface area contributed by atoms with Crippen molar-refractivity contribution in [1.82, 2.24) is 10.2 Å². The molecule has 0 spiro atoms. The second-order valence-electron chi connectivity index (χ2n) is 7.39. The van der Waals surface area contributed by atoms with Crippen molar-refractivity contribution in [2.75, 3.05) is 26.2 Å². The minimum atomic E-state index is -0.415. The van der Waals surface area contributed by atoms with E-state index in [4.69, 9.17) is 14.3 Å². The number of amides is 2. The highest BCUT2D eigenvalue weighted by molar-refractivity contribution is 5.67. The van der Waals surface area contributed by atoms with Gasteiger partial charge in [-0.15, -0.1) is 5.16 Å². The quantitative estimate of drug-likeness (QED) is 0.238. The Labute approximate surface area is 195 Å². The number of hydrogen-bond donors (Lipinski definition) is 1. The molecule has 0 bridgehead atoms. The van der Waals surface area contributed by atoms with Crippen molar-refractivity contribution in [3.63, 3.8) is 0 Å². The molecule has 178 valence electrons. The van der Waals surface area contributed by atoms with Gasteiger partial charge in [0.25, 0.3) is 0 Å². The molecule has 0 aromatic heterocycles. The predicted molar refractivity (Wildman–Crippen MR) is 127 cm³/mol. The summed E-state index contributed by atoms with van der Waals surface area (Å²) in [5.41, 5.74) is 1.89. The maximum Gasteiger partial charge on any atom is 0.410 e. The van der Waals surface area contributed by atoms with Crippen molar-refractivity contribution in [1.29, 1.82) is 0 Å². The first kappa shape index (κ1) is 25.7. The lowest BCUT2D eigenvalue weighted by Crippen LogP contribution is -2.35. The lowest BCUT2D eigenvalue weighted by atomic mass is 10.2. The van der Waals surface area contributed by atoms with Crippen LogP contribution in [-0.4, -0.2) is 50.0 Å². The summed E-state index contributed by atoms with van der Waals surface area (Å²) in [7, 11) is 0. The number of carbonyl (C=O) groups excluding carboxylic acids is 2. The molecule has 0 saturated heterocycles. The molecule has 0 aliphatic rings. The number of unbranched alkanes of at least 4 members (excludes halogenated alkanes) is 3. The molecule has 33 heavy (non-hydrogen) atoms. The Morgan fingerprint density at radius 2 is 1.42 bits per heavy atom. The number of benzene rings is 2. The molecule has 0 aliphatic heterocycles. The Kier molecular flexibility index (Phi) is 12.6. The average molecular weight is 456 g/mol. The lowest BCUT2D eigenvalue weighted by Gasteiger charge is -2.21. The lowest BCUT2D eigenvalue weighted by molar-refractivity contribution is 0.0732. The minimum Gasteiger partial charge on any atom is -0.445 e. The van der Waals surface area contributed by atoms with Crippen LogP contribution in [-0.2, 0) is 27.5 Å². The van der Waals surface area contributed by atoms with Crippen molar-refractivity contribution < 1.29 is 23.9 Å². The van der Waals surface area contributed by atoms with Gasteiger partial charge < -0.3 is 24.5 Å². The van der Waals surface area contributed by atoms with Gasteiger partial charge in [-0.1, -0.05) is 73.5 Å². The van der Waals surface area contributed by atoms with Crippen molar-refractivity contribution >= 4 is 18.9 Å². The number of hydrogen-bond acceptors (Lipinski definition) is 6. The third-order valence-electron chi connectivity index (χ3n) is 4.84. The predicted octanol–water partition coefficient (Wildman–Crippen LogP) is 4.74. The number of rotatable bonds is 15. The average Bonchev–Trinajstić information content (AvgIpc) is 2.85. The van der Waals surface area contributed by atoms with Crippen LogP contribution >= 0.6 is 0 Å². The Bertz CT molecular complexity index is 817. The Morgan fingerprint density at radius 1 is 0.818 bits per heavy atom. The van der Waals surface area contributed by atoms with Crippen molar-refractivity contribution in [3.8, 4) is 0 Å². The summed E-state index contributed by atoms with van der Waals surface area (Å²) < 4.78 is 10.6. The van der Waals surface area contributed by atoms with Crippen LogP contribution < -0.4 is 5.32 Å². The molecule has 2 aromatic carbocycles. The Balaban J connectivity index is 1.58. The van der Waals surface area contributed by atoms with E-state index in [1.807, 2.05) is 60.7 Å². The van der Waals surface area contributed by atoms with E-state index >= 15 is 0 Å². The highest BCUT2D eigenvalue weighted by Crippen LogP contribution is 2.07. The Morgan fingerprint density at radius 3 is 2.06 bits per heavy atom. The molecule has 0 atom stereocenters. The second-order valence-corrected chi connectivity index (χ2v) is 7.39. The fourth-order valence-corrected chi connectivity index (χ4v) is 3.07. The fraction of sp³-hybridized carbons (Fsp3) is 0.400. The maximum atomic E-state index is 12.5. The van der Waals surface area contributed by atoms with Gasteiger partial charge in [-0.05, 0) is 24.0 Å². The van der Waals surface area contributed by atoms with E-state index in [2.05, 4.69) is 17.2 Å². The number of ether oxygens (including phenoxy) is 2. The molecule has 0 fully saturated rings. The summed E-state index contributed by atoms with van der Waals surface area (Å²) >= 11 is 0. The van der Waals surface area contributed by atoms with E-state index in [9.17, 15) is 9.59 Å². The molecule has 8 heteroatoms. The number of nitrogens with zero attached hydrogens (tertiary/aromatic N) is 2. The van der Waals surface area contributed by atoms with Crippen molar-refractivity contribution in [2.24, 2.45) is 5.16 Å². The van der Waals surface area contributed by atoms with Gasteiger partial charge >= 0.3 is 12.2 Å². The van der Waals surface area contributed by atoms with E-state index in [-0.39, 0.29) is 25.9 Å². The minimum absolute atomic E-state index is 0.225. The first-order valence-electron chi connectivity index (χ1n) is 11.2. The summed E-state index contributed by atoms with van der Waals surface area (Å²) in [5.74, 6) is 0. The van der Waals surface area contributed by atoms with Gasteiger partial charge in [-0.25, -0.2) is 9.59 Å². The van der Waals surface area contributed by atoms with E-state index in [1.165, 1.54) is 0 Å². The number of alkyl carbamates (subject to hydrolysis) is 1. The van der Waals surface area contributed by atoms with Gasteiger partial charge in [0.15, 0.2) is 0 Å². The summed E-state index contributed by atoms with van der Waals surface area (Å²) in [6.07, 6.45) is 2.71. The maximum absolute atomic E-state index is 12.5. The third-order valence-corrected chi connectivity index (χ3v) is 4.84. The van der Waals surface area contributed by atoms with Gasteiger partial charge in [0.1, 0.15) is 19.8 Å². The zero-order chi connectivity index (χ0) is 23.6. The molecule has 1 N–H and O–H groups in total. The van der Waals surface area contributed by atoms with Crippen molar-refractivity contribution in [3.05, 3.63) is 71.8 Å². The second kappa shape index (κ2) is 16.1. The molecule has 2 amide bonds.